The third-order valence-electron chi connectivity index (χ3n) is 4.18. The van der Waals surface area contributed by atoms with Crippen molar-refractivity contribution < 1.29 is 83.6 Å². The molecule has 4 aromatic rings. The summed E-state index contributed by atoms with van der Waals surface area (Å²) < 4.78 is 0. The van der Waals surface area contributed by atoms with Gasteiger partial charge in [-0.15, -0.1) is 0 Å². The minimum Gasteiger partial charge on any atom is -1.00 e. The van der Waals surface area contributed by atoms with Crippen molar-refractivity contribution in [2.75, 3.05) is 0 Å². The number of benzene rings is 2. The number of carboxylic acid groups (broad SMARTS) is 2. The Labute approximate surface area is 222 Å². The molecule has 6 nitrogen and oxygen atoms in total. The monoisotopic (exact) mass is 448 g/mol. The second-order valence-electron chi connectivity index (χ2n) is 6.27. The van der Waals surface area contributed by atoms with Crippen molar-refractivity contribution in [3.05, 3.63) is 83.2 Å². The first kappa shape index (κ1) is 26.2. The molecule has 2 aromatic carbocycles. The molecule has 4 rings (SSSR count). The number of aryl methyl sites for hydroxylation is 2. The van der Waals surface area contributed by atoms with E-state index < -0.39 is 11.9 Å². The largest absolute Gasteiger partial charge is 1.00 e. The van der Waals surface area contributed by atoms with Crippen molar-refractivity contribution in [3.8, 4) is 0 Å². The Balaban J connectivity index is 0.000000281. The van der Waals surface area contributed by atoms with E-state index in [-0.39, 0.29) is 74.9 Å². The van der Waals surface area contributed by atoms with Crippen molar-refractivity contribution in [1.29, 1.82) is 0 Å². The number of pyridine rings is 2. The van der Waals surface area contributed by atoms with E-state index in [1.807, 2.05) is 50.2 Å². The van der Waals surface area contributed by atoms with Crippen molar-refractivity contribution in [1.82, 2.24) is 9.97 Å². The summed E-state index contributed by atoms with van der Waals surface area (Å²) in [5.74, 6) is -1.87. The summed E-state index contributed by atoms with van der Waals surface area (Å²) in [6, 6.07) is 17.8. The summed E-state index contributed by atoms with van der Waals surface area (Å²) in [6.45, 7) is 3.69. The zero-order valence-corrected chi connectivity index (χ0v) is 20.6. The van der Waals surface area contributed by atoms with Crippen molar-refractivity contribution in [2.24, 2.45) is 0 Å². The third-order valence-corrected chi connectivity index (χ3v) is 4.18. The molecule has 0 saturated heterocycles. The minimum atomic E-state index is -0.936. The van der Waals surface area contributed by atoms with Crippen molar-refractivity contribution >= 4 is 33.7 Å². The maximum atomic E-state index is 10.9. The molecule has 0 spiro atoms. The number of nitrogens with zero attached hydrogens (tertiary/aromatic N) is 2. The first-order valence-corrected chi connectivity index (χ1v) is 8.56. The fraction of sp³-hybridized carbons (Fsp3) is 0.0909. The molecular formula is C22H18ClKN2O4. The van der Waals surface area contributed by atoms with Gasteiger partial charge in [-0.25, -0.2) is 9.59 Å². The van der Waals surface area contributed by atoms with E-state index in [9.17, 15) is 9.59 Å². The molecule has 2 N–H and O–H groups in total. The maximum Gasteiger partial charge on any atom is 1.00 e. The quantitative estimate of drug-likeness (QED) is 0.362. The van der Waals surface area contributed by atoms with Gasteiger partial charge in [-0.3, -0.25) is 9.97 Å². The normalized spacial score (nSPS) is 9.67. The van der Waals surface area contributed by atoms with E-state index in [0.29, 0.717) is 11.0 Å². The van der Waals surface area contributed by atoms with Crippen LogP contribution in [0.3, 0.4) is 0 Å². The van der Waals surface area contributed by atoms with Crippen LogP contribution in [0.5, 0.6) is 0 Å². The van der Waals surface area contributed by atoms with Gasteiger partial charge in [0.1, 0.15) is 0 Å². The first-order chi connectivity index (χ1) is 13.4. The summed E-state index contributed by atoms with van der Waals surface area (Å²) in [7, 11) is 0. The molecule has 2 heterocycles. The number of hydrogen-bond donors (Lipinski definition) is 2. The first-order valence-electron chi connectivity index (χ1n) is 8.56. The Hall–Kier alpha value is -1.87. The van der Waals surface area contributed by atoms with Gasteiger partial charge in [0, 0.05) is 22.2 Å². The van der Waals surface area contributed by atoms with Crippen LogP contribution in [0, 0.1) is 13.8 Å². The molecule has 0 bridgehead atoms. The zero-order valence-electron chi connectivity index (χ0n) is 16.8. The fourth-order valence-corrected chi connectivity index (χ4v) is 2.83. The van der Waals surface area contributed by atoms with Crippen LogP contribution >= 0.6 is 0 Å². The summed E-state index contributed by atoms with van der Waals surface area (Å²) in [5, 5.41) is 19.6. The van der Waals surface area contributed by atoms with Gasteiger partial charge in [-0.05, 0) is 38.1 Å². The smallest absolute Gasteiger partial charge is 1.00 e. The van der Waals surface area contributed by atoms with E-state index in [2.05, 4.69) is 9.97 Å². The molecule has 0 saturated carbocycles. The van der Waals surface area contributed by atoms with Gasteiger partial charge in [-0.2, -0.15) is 0 Å². The number of carboxylic acids is 2. The summed E-state index contributed by atoms with van der Waals surface area (Å²) in [4.78, 5) is 30.2. The van der Waals surface area contributed by atoms with Crippen LogP contribution in [-0.2, 0) is 0 Å². The van der Waals surface area contributed by atoms with Gasteiger partial charge in [0.25, 0.3) is 0 Å². The van der Waals surface area contributed by atoms with Crippen LogP contribution in [0.2, 0.25) is 0 Å². The Bertz CT molecular complexity index is 1120. The van der Waals surface area contributed by atoms with Gasteiger partial charge in [0.15, 0.2) is 0 Å². The zero-order chi connectivity index (χ0) is 20.3. The number of para-hydroxylation sites is 2. The van der Waals surface area contributed by atoms with E-state index >= 15 is 0 Å². The van der Waals surface area contributed by atoms with Crippen LogP contribution in [-0.4, -0.2) is 32.1 Å². The van der Waals surface area contributed by atoms with Crippen LogP contribution in [0.15, 0.2) is 60.7 Å². The standard InChI is InChI=1S/2C11H9NO2.ClH.K/c2*1-7-5-6-8-3-2-4-9(11(13)14)10(8)12-7;;/h2*2-6H,1H3,(H,13,14);1H;/q;;;+1/p-1. The van der Waals surface area contributed by atoms with Crippen molar-refractivity contribution in [3.63, 3.8) is 0 Å². The molecule has 8 heteroatoms. The Morgan fingerprint density at radius 1 is 0.667 bits per heavy atom. The Morgan fingerprint density at radius 3 is 1.37 bits per heavy atom. The molecule has 0 radical (unpaired) electrons. The van der Waals surface area contributed by atoms with Gasteiger partial charge >= 0.3 is 63.3 Å². The van der Waals surface area contributed by atoms with Crippen LogP contribution in [0.4, 0.5) is 0 Å². The molecular weight excluding hydrogens is 431 g/mol. The van der Waals surface area contributed by atoms with E-state index in [4.69, 9.17) is 10.2 Å². The summed E-state index contributed by atoms with van der Waals surface area (Å²) >= 11 is 0. The molecule has 148 valence electrons. The molecule has 0 aliphatic carbocycles. The van der Waals surface area contributed by atoms with Gasteiger partial charge < -0.3 is 22.6 Å². The molecule has 0 amide bonds. The molecule has 30 heavy (non-hydrogen) atoms. The second-order valence-corrected chi connectivity index (χ2v) is 6.27. The molecule has 0 unspecified atom stereocenters. The third kappa shape index (κ3) is 6.07. The predicted molar refractivity (Wildman–Crippen MR) is 107 cm³/mol. The van der Waals surface area contributed by atoms with Crippen LogP contribution in [0.25, 0.3) is 21.8 Å². The van der Waals surface area contributed by atoms with E-state index in [1.165, 1.54) is 0 Å². The van der Waals surface area contributed by atoms with Gasteiger partial charge in [0.05, 0.1) is 22.2 Å². The Kier molecular flexibility index (Phi) is 10.0. The second kappa shape index (κ2) is 11.5. The number of hydrogen-bond acceptors (Lipinski definition) is 4. The number of fused-ring (bicyclic) bond motifs is 2. The average molecular weight is 449 g/mol. The number of halogens is 1. The minimum absolute atomic E-state index is 0. The number of aromatic nitrogens is 2. The predicted octanol–water partition coefficient (Wildman–Crippen LogP) is -1.51. The topological polar surface area (TPSA) is 100 Å². The molecule has 2 aromatic heterocycles. The molecule has 0 atom stereocenters. The summed E-state index contributed by atoms with van der Waals surface area (Å²) in [6.07, 6.45) is 0. The maximum absolute atomic E-state index is 10.9. The van der Waals surface area contributed by atoms with Crippen molar-refractivity contribution in [2.45, 2.75) is 13.8 Å². The number of rotatable bonds is 2. The summed E-state index contributed by atoms with van der Waals surface area (Å²) in [5.41, 5.74) is 3.27. The van der Waals surface area contributed by atoms with Crippen LogP contribution in [0.1, 0.15) is 32.1 Å². The molecule has 0 fully saturated rings. The number of aromatic carboxylic acids is 2. The average Bonchev–Trinajstić information content (AvgIpc) is 2.67. The fourth-order valence-electron chi connectivity index (χ4n) is 2.83. The number of carbonyl (C=O) groups is 2. The Morgan fingerprint density at radius 2 is 1.03 bits per heavy atom. The van der Waals surface area contributed by atoms with E-state index in [0.717, 1.165) is 22.2 Å². The molecule has 0 aliphatic heterocycles. The van der Waals surface area contributed by atoms with Gasteiger partial charge in [0.2, 0.25) is 0 Å². The van der Waals surface area contributed by atoms with E-state index in [1.54, 1.807) is 24.3 Å². The molecule has 0 aliphatic rings. The van der Waals surface area contributed by atoms with Gasteiger partial charge in [-0.1, -0.05) is 36.4 Å². The SMILES string of the molecule is Cc1ccc2cccc(C(=O)O)c2n1.Cc1ccc2cccc(C(=O)O)c2n1.[Cl-].[K+]. The van der Waals surface area contributed by atoms with Crippen LogP contribution < -0.4 is 63.8 Å².